The molecular weight excluding hydrogens is 352 g/mol. The van der Waals surface area contributed by atoms with Crippen molar-refractivity contribution in [3.8, 4) is 5.75 Å². The van der Waals surface area contributed by atoms with Gasteiger partial charge in [-0.15, -0.1) is 11.3 Å². The Hall–Kier alpha value is -2.38. The summed E-state index contributed by atoms with van der Waals surface area (Å²) < 4.78 is 10.1. The molecule has 1 N–H and O–H groups in total. The number of nitrogens with zero attached hydrogens (tertiary/aromatic N) is 1. The molecule has 7 heteroatoms. The van der Waals surface area contributed by atoms with E-state index >= 15 is 0 Å². The van der Waals surface area contributed by atoms with Crippen LogP contribution in [-0.4, -0.2) is 44.6 Å². The molecule has 26 heavy (non-hydrogen) atoms. The molecule has 6 nitrogen and oxygen atoms in total. The van der Waals surface area contributed by atoms with E-state index in [-0.39, 0.29) is 12.5 Å². The summed E-state index contributed by atoms with van der Waals surface area (Å²) in [5.74, 6) is 0.257. The van der Waals surface area contributed by atoms with E-state index in [9.17, 15) is 9.59 Å². The van der Waals surface area contributed by atoms with Crippen molar-refractivity contribution in [1.82, 2.24) is 4.90 Å². The molecule has 0 fully saturated rings. The first-order valence-electron chi connectivity index (χ1n) is 8.14. The van der Waals surface area contributed by atoms with Gasteiger partial charge in [0.25, 0.3) is 0 Å². The fourth-order valence-electron chi connectivity index (χ4n) is 2.91. The molecule has 0 saturated heterocycles. The van der Waals surface area contributed by atoms with E-state index in [4.69, 9.17) is 9.47 Å². The Morgan fingerprint density at radius 3 is 2.42 bits per heavy atom. The van der Waals surface area contributed by atoms with Crippen molar-refractivity contribution >= 4 is 28.9 Å². The largest absolute Gasteiger partial charge is 0.496 e. The van der Waals surface area contributed by atoms with Crippen LogP contribution in [0.5, 0.6) is 5.75 Å². The molecule has 0 bridgehead atoms. The van der Waals surface area contributed by atoms with E-state index in [1.54, 1.807) is 18.6 Å². The zero-order valence-corrected chi connectivity index (χ0v) is 16.5. The number of likely N-dealkylation sites (N-methyl/N-ethyl adjacent to an activating group) is 1. The molecule has 0 unspecified atom stereocenters. The fourth-order valence-corrected chi connectivity index (χ4v) is 3.68. The number of methoxy groups -OCH3 is 2. The number of carbonyl (C=O) groups excluding carboxylic acids is 2. The maximum Gasteiger partial charge on any atom is 0.350 e. The SMILES string of the molecule is COC(=O)c1sccc1NC(=O)CN(C)Cc1cc(C)c(OC)c(C)c1. The first kappa shape index (κ1) is 19.9. The number of hydrogen-bond donors (Lipinski definition) is 1. The van der Waals surface area contributed by atoms with Gasteiger partial charge in [0.1, 0.15) is 10.6 Å². The molecule has 0 spiro atoms. The van der Waals surface area contributed by atoms with Crippen molar-refractivity contribution < 1.29 is 19.1 Å². The van der Waals surface area contributed by atoms with Crippen LogP contribution in [0.1, 0.15) is 26.4 Å². The summed E-state index contributed by atoms with van der Waals surface area (Å²) in [6.45, 7) is 4.85. The second-order valence-corrected chi connectivity index (χ2v) is 7.05. The maximum atomic E-state index is 12.3. The molecule has 1 aromatic heterocycles. The summed E-state index contributed by atoms with van der Waals surface area (Å²) in [5, 5.41) is 4.52. The average molecular weight is 376 g/mol. The lowest BCUT2D eigenvalue weighted by atomic mass is 10.1. The van der Waals surface area contributed by atoms with Gasteiger partial charge in [0, 0.05) is 6.54 Å². The number of esters is 1. The smallest absolute Gasteiger partial charge is 0.350 e. The van der Waals surface area contributed by atoms with E-state index in [0.29, 0.717) is 17.1 Å². The molecule has 2 rings (SSSR count). The number of amides is 1. The summed E-state index contributed by atoms with van der Waals surface area (Å²) in [6.07, 6.45) is 0. The number of aryl methyl sites for hydroxylation is 2. The standard InChI is InChI=1S/C19H24N2O4S/c1-12-8-14(9-13(2)17(12)24-4)10-21(3)11-16(22)20-15-6-7-26-18(15)19(23)25-5/h6-9H,10-11H2,1-5H3,(H,20,22). The van der Waals surface area contributed by atoms with E-state index in [0.717, 1.165) is 22.4 Å². The highest BCUT2D eigenvalue weighted by molar-refractivity contribution is 7.12. The molecule has 1 aromatic carbocycles. The third kappa shape index (κ3) is 4.83. The van der Waals surface area contributed by atoms with Crippen LogP contribution in [-0.2, 0) is 16.1 Å². The third-order valence-corrected chi connectivity index (χ3v) is 4.79. The van der Waals surface area contributed by atoms with Crippen molar-refractivity contribution in [2.24, 2.45) is 0 Å². The van der Waals surface area contributed by atoms with Gasteiger partial charge in [0.05, 0.1) is 26.5 Å². The first-order valence-corrected chi connectivity index (χ1v) is 9.02. The highest BCUT2D eigenvalue weighted by atomic mass is 32.1. The summed E-state index contributed by atoms with van der Waals surface area (Å²) in [7, 11) is 4.86. The highest BCUT2D eigenvalue weighted by Gasteiger charge is 2.16. The van der Waals surface area contributed by atoms with Gasteiger partial charge >= 0.3 is 5.97 Å². The molecular formula is C19H24N2O4S. The first-order chi connectivity index (χ1) is 12.3. The van der Waals surface area contributed by atoms with Crippen molar-refractivity contribution in [3.05, 3.63) is 45.1 Å². The van der Waals surface area contributed by atoms with Crippen molar-refractivity contribution in [2.45, 2.75) is 20.4 Å². The predicted octanol–water partition coefficient (Wildman–Crippen LogP) is 3.23. The molecule has 0 aliphatic heterocycles. The number of hydrogen-bond acceptors (Lipinski definition) is 6. The van der Waals surface area contributed by atoms with Crippen LogP contribution in [0.4, 0.5) is 5.69 Å². The normalized spacial score (nSPS) is 10.7. The van der Waals surface area contributed by atoms with Gasteiger partial charge in [0.2, 0.25) is 5.91 Å². The van der Waals surface area contributed by atoms with Crippen molar-refractivity contribution in [3.63, 3.8) is 0 Å². The fraction of sp³-hybridized carbons (Fsp3) is 0.368. The maximum absolute atomic E-state index is 12.3. The topological polar surface area (TPSA) is 67.9 Å². The number of thiophene rings is 1. The Kier molecular flexibility index (Phi) is 6.76. The van der Waals surface area contributed by atoms with Crippen LogP contribution < -0.4 is 10.1 Å². The van der Waals surface area contributed by atoms with Gasteiger partial charge in [-0.25, -0.2) is 4.79 Å². The lowest BCUT2D eigenvalue weighted by Gasteiger charge is -2.18. The molecule has 0 saturated carbocycles. The molecule has 2 aromatic rings. The summed E-state index contributed by atoms with van der Waals surface area (Å²) in [6, 6.07) is 5.83. The van der Waals surface area contributed by atoms with Crippen LogP contribution in [0.15, 0.2) is 23.6 Å². The zero-order valence-electron chi connectivity index (χ0n) is 15.7. The minimum absolute atomic E-state index is 0.182. The number of ether oxygens (including phenoxy) is 2. The zero-order chi connectivity index (χ0) is 19.3. The second-order valence-electron chi connectivity index (χ2n) is 6.14. The van der Waals surface area contributed by atoms with Crippen molar-refractivity contribution in [2.75, 3.05) is 33.1 Å². The van der Waals surface area contributed by atoms with E-state index in [1.807, 2.05) is 25.8 Å². The Labute approximate surface area is 157 Å². The number of nitrogens with one attached hydrogen (secondary N) is 1. The van der Waals surface area contributed by atoms with Crippen LogP contribution in [0, 0.1) is 13.8 Å². The second kappa shape index (κ2) is 8.82. The Morgan fingerprint density at radius 2 is 1.85 bits per heavy atom. The number of anilines is 1. The number of rotatable bonds is 7. The van der Waals surface area contributed by atoms with Gasteiger partial charge in [-0.3, -0.25) is 9.69 Å². The molecule has 1 heterocycles. The van der Waals surface area contributed by atoms with Crippen molar-refractivity contribution in [1.29, 1.82) is 0 Å². The van der Waals surface area contributed by atoms with Crippen LogP contribution in [0.3, 0.4) is 0 Å². The monoisotopic (exact) mass is 376 g/mol. The quantitative estimate of drug-likeness (QED) is 0.752. The summed E-state index contributed by atoms with van der Waals surface area (Å²) in [4.78, 5) is 26.3. The van der Waals surface area contributed by atoms with Gasteiger partial charge in [-0.1, -0.05) is 12.1 Å². The Balaban J connectivity index is 1.98. The molecule has 0 radical (unpaired) electrons. The lowest BCUT2D eigenvalue weighted by Crippen LogP contribution is -2.30. The predicted molar refractivity (Wildman–Crippen MR) is 103 cm³/mol. The van der Waals surface area contributed by atoms with Gasteiger partial charge in [-0.05, 0) is 49.0 Å². The minimum Gasteiger partial charge on any atom is -0.496 e. The van der Waals surface area contributed by atoms with E-state index in [2.05, 4.69) is 17.4 Å². The van der Waals surface area contributed by atoms with E-state index < -0.39 is 5.97 Å². The molecule has 140 valence electrons. The summed E-state index contributed by atoms with van der Waals surface area (Å²) in [5.41, 5.74) is 3.74. The van der Waals surface area contributed by atoms with E-state index in [1.165, 1.54) is 18.4 Å². The lowest BCUT2D eigenvalue weighted by molar-refractivity contribution is -0.117. The van der Waals surface area contributed by atoms with Gasteiger partial charge < -0.3 is 14.8 Å². The third-order valence-electron chi connectivity index (χ3n) is 3.90. The minimum atomic E-state index is -0.451. The summed E-state index contributed by atoms with van der Waals surface area (Å²) >= 11 is 1.24. The Morgan fingerprint density at radius 1 is 1.19 bits per heavy atom. The molecule has 0 aliphatic rings. The highest BCUT2D eigenvalue weighted by Crippen LogP contribution is 2.25. The molecule has 0 atom stereocenters. The average Bonchev–Trinajstić information content (AvgIpc) is 3.01. The number of carbonyl (C=O) groups is 2. The Bertz CT molecular complexity index is 778. The van der Waals surface area contributed by atoms with Crippen LogP contribution in [0.2, 0.25) is 0 Å². The van der Waals surface area contributed by atoms with Crippen LogP contribution in [0.25, 0.3) is 0 Å². The van der Waals surface area contributed by atoms with Gasteiger partial charge in [0.15, 0.2) is 0 Å². The van der Waals surface area contributed by atoms with Gasteiger partial charge in [-0.2, -0.15) is 0 Å². The van der Waals surface area contributed by atoms with Crippen LogP contribution >= 0.6 is 11.3 Å². The number of benzene rings is 1. The molecule has 0 aliphatic carbocycles. The molecule has 1 amide bonds.